The van der Waals surface area contributed by atoms with Crippen LogP contribution in [0.2, 0.25) is 10.0 Å². The predicted octanol–water partition coefficient (Wildman–Crippen LogP) is 4.14. The average Bonchev–Trinajstić information content (AvgIpc) is 2.81. The van der Waals surface area contributed by atoms with Crippen LogP contribution in [-0.2, 0) is 6.54 Å². The molecule has 2 aromatic rings. The molecule has 1 aromatic heterocycles. The van der Waals surface area contributed by atoms with E-state index in [1.165, 1.54) is 0 Å². The second kappa shape index (κ2) is 6.52. The van der Waals surface area contributed by atoms with E-state index in [-0.39, 0.29) is 0 Å². The summed E-state index contributed by atoms with van der Waals surface area (Å²) < 4.78 is 5.29. The molecule has 0 saturated carbocycles. The van der Waals surface area contributed by atoms with Crippen LogP contribution in [0.1, 0.15) is 4.88 Å². The first-order valence-corrected chi connectivity index (χ1v) is 7.49. The molecule has 0 unspecified atom stereocenters. The highest BCUT2D eigenvalue weighted by atomic mass is 35.5. The molecule has 7 heteroatoms. The van der Waals surface area contributed by atoms with Crippen molar-refractivity contribution in [1.29, 1.82) is 0 Å². The van der Waals surface area contributed by atoms with Crippen LogP contribution >= 0.6 is 34.5 Å². The van der Waals surface area contributed by atoms with Crippen LogP contribution in [0.15, 0.2) is 18.2 Å². The van der Waals surface area contributed by atoms with Gasteiger partial charge in [0.2, 0.25) is 5.88 Å². The standard InChI is InChI=1S/C13H15Cl2N3OS/c1-18(2)13-17-12(19-3)10(20-13)7-16-11-8(14)5-4-6-9(11)15/h4-6,16H,7H2,1-3H3. The number of ether oxygens (including phenoxy) is 1. The molecule has 0 aliphatic heterocycles. The molecule has 0 bridgehead atoms. The lowest BCUT2D eigenvalue weighted by Crippen LogP contribution is -2.07. The number of nitrogens with zero attached hydrogens (tertiary/aromatic N) is 2. The van der Waals surface area contributed by atoms with E-state index in [0.29, 0.717) is 22.5 Å². The van der Waals surface area contributed by atoms with Crippen molar-refractivity contribution in [1.82, 2.24) is 4.98 Å². The van der Waals surface area contributed by atoms with Crippen molar-refractivity contribution in [2.45, 2.75) is 6.54 Å². The van der Waals surface area contributed by atoms with E-state index in [9.17, 15) is 0 Å². The van der Waals surface area contributed by atoms with E-state index in [2.05, 4.69) is 10.3 Å². The van der Waals surface area contributed by atoms with E-state index in [1.807, 2.05) is 25.1 Å². The summed E-state index contributed by atoms with van der Waals surface area (Å²) in [7, 11) is 5.50. The van der Waals surface area contributed by atoms with Crippen molar-refractivity contribution >= 4 is 45.4 Å². The molecular weight excluding hydrogens is 317 g/mol. The minimum atomic E-state index is 0.554. The molecule has 0 saturated heterocycles. The zero-order valence-corrected chi connectivity index (χ0v) is 13.7. The van der Waals surface area contributed by atoms with Gasteiger partial charge in [0, 0.05) is 14.1 Å². The van der Waals surface area contributed by atoms with E-state index in [4.69, 9.17) is 27.9 Å². The van der Waals surface area contributed by atoms with E-state index < -0.39 is 0 Å². The van der Waals surface area contributed by atoms with Gasteiger partial charge in [0.05, 0.1) is 34.3 Å². The number of aromatic nitrogens is 1. The summed E-state index contributed by atoms with van der Waals surface area (Å²) in [6.07, 6.45) is 0. The third-order valence-electron chi connectivity index (χ3n) is 2.61. The van der Waals surface area contributed by atoms with Gasteiger partial charge in [-0.15, -0.1) is 0 Å². The number of hydrogen-bond acceptors (Lipinski definition) is 5. The molecular formula is C13H15Cl2N3OS. The Hall–Kier alpha value is -1.17. The average molecular weight is 332 g/mol. The zero-order valence-electron chi connectivity index (χ0n) is 11.4. The van der Waals surface area contributed by atoms with Crippen molar-refractivity contribution in [3.05, 3.63) is 33.1 Å². The Labute approximate surface area is 132 Å². The fourth-order valence-corrected chi connectivity index (χ4v) is 3.05. The van der Waals surface area contributed by atoms with Crippen molar-refractivity contribution in [3.8, 4) is 5.88 Å². The Bertz CT molecular complexity index is 581. The highest BCUT2D eigenvalue weighted by Gasteiger charge is 2.14. The van der Waals surface area contributed by atoms with Crippen LogP contribution in [0, 0.1) is 0 Å². The minimum absolute atomic E-state index is 0.554. The van der Waals surface area contributed by atoms with Gasteiger partial charge < -0.3 is 15.0 Å². The maximum absolute atomic E-state index is 6.13. The highest BCUT2D eigenvalue weighted by Crippen LogP contribution is 2.34. The van der Waals surface area contributed by atoms with Crippen LogP contribution in [0.4, 0.5) is 10.8 Å². The van der Waals surface area contributed by atoms with Gasteiger partial charge in [0.15, 0.2) is 5.13 Å². The molecule has 1 heterocycles. The first-order chi connectivity index (χ1) is 9.52. The molecule has 0 aliphatic rings. The van der Waals surface area contributed by atoms with Crippen LogP contribution in [0.3, 0.4) is 0 Å². The monoisotopic (exact) mass is 331 g/mol. The third kappa shape index (κ3) is 3.29. The van der Waals surface area contributed by atoms with E-state index in [1.54, 1.807) is 30.6 Å². The lowest BCUT2D eigenvalue weighted by atomic mass is 10.3. The highest BCUT2D eigenvalue weighted by molar-refractivity contribution is 7.15. The Kier molecular flexibility index (Phi) is 4.96. The number of halogens is 2. The molecule has 2 rings (SSSR count). The molecule has 0 spiro atoms. The lowest BCUT2D eigenvalue weighted by molar-refractivity contribution is 0.397. The first-order valence-electron chi connectivity index (χ1n) is 5.91. The Morgan fingerprint density at radius 2 is 1.95 bits per heavy atom. The van der Waals surface area contributed by atoms with Crippen LogP contribution < -0.4 is 15.0 Å². The molecule has 0 fully saturated rings. The SMILES string of the molecule is COc1nc(N(C)C)sc1CNc1c(Cl)cccc1Cl. The zero-order chi connectivity index (χ0) is 14.7. The Morgan fingerprint density at radius 1 is 1.30 bits per heavy atom. The smallest absolute Gasteiger partial charge is 0.231 e. The van der Waals surface area contributed by atoms with Gasteiger partial charge in [-0.1, -0.05) is 40.6 Å². The number of methoxy groups -OCH3 is 1. The Balaban J connectivity index is 2.18. The number of nitrogens with one attached hydrogen (secondary N) is 1. The number of rotatable bonds is 5. The van der Waals surface area contributed by atoms with E-state index >= 15 is 0 Å². The number of benzene rings is 1. The fourth-order valence-electron chi connectivity index (χ4n) is 1.62. The third-order valence-corrected chi connectivity index (χ3v) is 4.45. The van der Waals surface area contributed by atoms with Gasteiger partial charge in [-0.05, 0) is 12.1 Å². The summed E-state index contributed by atoms with van der Waals surface area (Å²) in [5.74, 6) is 0.620. The number of hydrogen-bond donors (Lipinski definition) is 1. The maximum Gasteiger partial charge on any atom is 0.231 e. The lowest BCUT2D eigenvalue weighted by Gasteiger charge is -2.09. The summed E-state index contributed by atoms with van der Waals surface area (Å²) in [5.41, 5.74) is 0.720. The molecule has 108 valence electrons. The fraction of sp³-hybridized carbons (Fsp3) is 0.308. The van der Waals surface area contributed by atoms with Crippen LogP contribution in [0.25, 0.3) is 0 Å². The molecule has 0 radical (unpaired) electrons. The molecule has 0 atom stereocenters. The van der Waals surface area contributed by atoms with Crippen molar-refractivity contribution < 1.29 is 4.74 Å². The predicted molar refractivity (Wildman–Crippen MR) is 86.8 cm³/mol. The van der Waals surface area contributed by atoms with Gasteiger partial charge in [-0.3, -0.25) is 0 Å². The van der Waals surface area contributed by atoms with Gasteiger partial charge >= 0.3 is 0 Å². The second-order valence-corrected chi connectivity index (χ2v) is 6.15. The van der Waals surface area contributed by atoms with Crippen LogP contribution in [-0.4, -0.2) is 26.2 Å². The largest absolute Gasteiger partial charge is 0.480 e. The van der Waals surface area contributed by atoms with Gasteiger partial charge in [-0.25, -0.2) is 0 Å². The van der Waals surface area contributed by atoms with E-state index in [0.717, 1.165) is 15.7 Å². The van der Waals surface area contributed by atoms with Crippen molar-refractivity contribution in [2.75, 3.05) is 31.4 Å². The summed E-state index contributed by atoms with van der Waals surface area (Å²) in [5, 5.41) is 5.31. The molecule has 4 nitrogen and oxygen atoms in total. The van der Waals surface area contributed by atoms with Gasteiger partial charge in [0.1, 0.15) is 0 Å². The summed E-state index contributed by atoms with van der Waals surface area (Å²) in [4.78, 5) is 7.34. The van der Waals surface area contributed by atoms with Crippen molar-refractivity contribution in [2.24, 2.45) is 0 Å². The Morgan fingerprint density at radius 3 is 2.50 bits per heavy atom. The number of anilines is 2. The topological polar surface area (TPSA) is 37.4 Å². The summed E-state index contributed by atoms with van der Waals surface area (Å²) in [6, 6.07) is 5.41. The first kappa shape index (κ1) is 15.2. The molecule has 0 amide bonds. The van der Waals surface area contributed by atoms with Gasteiger partial charge in [-0.2, -0.15) is 4.98 Å². The summed E-state index contributed by atoms with van der Waals surface area (Å²) in [6.45, 7) is 0.554. The molecule has 0 aliphatic carbocycles. The second-order valence-electron chi connectivity index (χ2n) is 4.27. The number of thiazole rings is 1. The molecule has 1 aromatic carbocycles. The minimum Gasteiger partial charge on any atom is -0.480 e. The van der Waals surface area contributed by atoms with Gasteiger partial charge in [0.25, 0.3) is 0 Å². The molecule has 1 N–H and O–H groups in total. The maximum atomic E-state index is 6.13. The normalized spacial score (nSPS) is 10.4. The number of para-hydroxylation sites is 1. The van der Waals surface area contributed by atoms with Crippen molar-refractivity contribution in [3.63, 3.8) is 0 Å². The van der Waals surface area contributed by atoms with Crippen LogP contribution in [0.5, 0.6) is 5.88 Å². The molecule has 20 heavy (non-hydrogen) atoms. The summed E-state index contributed by atoms with van der Waals surface area (Å²) >= 11 is 13.8. The quantitative estimate of drug-likeness (QED) is 0.893.